The van der Waals surface area contributed by atoms with Crippen LogP contribution in [0.5, 0.6) is 0 Å². The van der Waals surface area contributed by atoms with Crippen molar-refractivity contribution in [2.24, 2.45) is 13.0 Å². The second-order valence-corrected chi connectivity index (χ2v) is 12.5. The largest absolute Gasteiger partial charge is 0.330 e. The van der Waals surface area contributed by atoms with Gasteiger partial charge in [-0.2, -0.15) is 4.31 Å². The summed E-state index contributed by atoms with van der Waals surface area (Å²) in [5.41, 5.74) is 2.15. The lowest BCUT2D eigenvalue weighted by molar-refractivity contribution is -0.141. The van der Waals surface area contributed by atoms with Crippen molar-refractivity contribution < 1.29 is 18.0 Å². The molecule has 2 aliphatic heterocycles. The summed E-state index contributed by atoms with van der Waals surface area (Å²) in [6.07, 6.45) is 1.99. The van der Waals surface area contributed by atoms with Gasteiger partial charge in [-0.1, -0.05) is 35.9 Å². The molecule has 0 saturated carbocycles. The standard InChI is InChI=1S/C29H35N5O5S/c1-20-11-13-24(14-12-20)40(38,39)32-18-15-22(16-19-32)28(36)33-17-7-10-25(33)27(35)30-26-21(2)31(3)34(29(26)37)23-8-5-4-6-9-23/h4-6,8-9,11-14,22,25H,7,10,15-19H2,1-3H3,(H,30,35)/t25-/m0/s1. The maximum Gasteiger partial charge on any atom is 0.295 e. The van der Waals surface area contributed by atoms with Crippen molar-refractivity contribution in [3.63, 3.8) is 0 Å². The summed E-state index contributed by atoms with van der Waals surface area (Å²) in [5.74, 6) is -0.862. The van der Waals surface area contributed by atoms with E-state index in [1.807, 2.05) is 37.3 Å². The number of rotatable bonds is 6. The minimum absolute atomic E-state index is 0.128. The highest BCUT2D eigenvalue weighted by Crippen LogP contribution is 2.29. The van der Waals surface area contributed by atoms with Crippen LogP contribution in [0, 0.1) is 19.8 Å². The van der Waals surface area contributed by atoms with E-state index >= 15 is 0 Å². The number of amides is 2. The van der Waals surface area contributed by atoms with Gasteiger partial charge in [-0.05, 0) is 63.8 Å². The monoisotopic (exact) mass is 565 g/mol. The molecule has 40 heavy (non-hydrogen) atoms. The lowest BCUT2D eigenvalue weighted by atomic mass is 9.96. The minimum Gasteiger partial charge on any atom is -0.330 e. The zero-order valence-electron chi connectivity index (χ0n) is 23.0. The molecular weight excluding hydrogens is 530 g/mol. The second-order valence-electron chi connectivity index (χ2n) is 10.6. The molecule has 2 aromatic carbocycles. The van der Waals surface area contributed by atoms with Gasteiger partial charge in [-0.3, -0.25) is 19.1 Å². The van der Waals surface area contributed by atoms with Crippen LogP contribution in [0.1, 0.15) is 36.9 Å². The lowest BCUT2D eigenvalue weighted by Gasteiger charge is -2.34. The average Bonchev–Trinajstić information content (AvgIpc) is 3.53. The van der Waals surface area contributed by atoms with Crippen LogP contribution in [-0.2, 0) is 26.7 Å². The molecule has 2 fully saturated rings. The number of benzene rings is 2. The predicted octanol–water partition coefficient (Wildman–Crippen LogP) is 2.82. The third kappa shape index (κ3) is 5.11. The van der Waals surface area contributed by atoms with E-state index in [0.29, 0.717) is 43.6 Å². The number of hydrogen-bond donors (Lipinski definition) is 1. The zero-order chi connectivity index (χ0) is 28.6. The second kappa shape index (κ2) is 11.1. The van der Waals surface area contributed by atoms with Crippen molar-refractivity contribution >= 4 is 27.5 Å². The number of sulfonamides is 1. The first kappa shape index (κ1) is 27.9. The van der Waals surface area contributed by atoms with E-state index in [9.17, 15) is 22.8 Å². The fourth-order valence-electron chi connectivity index (χ4n) is 5.66. The first-order chi connectivity index (χ1) is 19.1. The van der Waals surface area contributed by atoms with Gasteiger partial charge in [0.1, 0.15) is 11.7 Å². The topological polar surface area (TPSA) is 114 Å². The number of carbonyl (C=O) groups excluding carboxylic acids is 2. The molecule has 10 nitrogen and oxygen atoms in total. The van der Waals surface area contributed by atoms with Gasteiger partial charge in [-0.25, -0.2) is 13.1 Å². The molecule has 0 radical (unpaired) electrons. The summed E-state index contributed by atoms with van der Waals surface area (Å²) in [6.45, 7) is 4.63. The highest BCUT2D eigenvalue weighted by molar-refractivity contribution is 7.89. The molecule has 0 aliphatic carbocycles. The number of nitrogens with one attached hydrogen (secondary N) is 1. The summed E-state index contributed by atoms with van der Waals surface area (Å²) in [7, 11) is -1.86. The Hall–Kier alpha value is -3.70. The van der Waals surface area contributed by atoms with Crippen LogP contribution >= 0.6 is 0 Å². The van der Waals surface area contributed by atoms with E-state index in [1.165, 1.54) is 8.99 Å². The fourth-order valence-corrected chi connectivity index (χ4v) is 7.13. The molecule has 5 rings (SSSR count). The van der Waals surface area contributed by atoms with E-state index in [2.05, 4.69) is 5.32 Å². The van der Waals surface area contributed by atoms with Crippen molar-refractivity contribution in [2.45, 2.75) is 50.5 Å². The molecule has 1 N–H and O–H groups in total. The SMILES string of the molecule is Cc1ccc(S(=O)(=O)N2CCC(C(=O)N3CCC[C@H]3C(=O)Nc3c(C)n(C)n(-c4ccccc4)c3=O)CC2)cc1. The Kier molecular flexibility index (Phi) is 7.70. The molecule has 2 saturated heterocycles. The van der Waals surface area contributed by atoms with Crippen LogP contribution in [0.3, 0.4) is 0 Å². The maximum absolute atomic E-state index is 13.5. The number of piperidine rings is 1. The van der Waals surface area contributed by atoms with Crippen LogP contribution in [0.4, 0.5) is 5.69 Å². The average molecular weight is 566 g/mol. The molecule has 1 atom stereocenters. The predicted molar refractivity (Wildman–Crippen MR) is 152 cm³/mol. The van der Waals surface area contributed by atoms with E-state index in [-0.39, 0.29) is 47.0 Å². The number of aromatic nitrogens is 2. The Morgan fingerprint density at radius 2 is 1.55 bits per heavy atom. The highest BCUT2D eigenvalue weighted by Gasteiger charge is 2.40. The molecule has 3 aromatic rings. The van der Waals surface area contributed by atoms with Crippen LogP contribution in [0.15, 0.2) is 64.3 Å². The fraction of sp³-hybridized carbons (Fsp3) is 0.414. The Labute approximate surface area is 234 Å². The van der Waals surface area contributed by atoms with E-state index in [1.54, 1.807) is 47.8 Å². The molecule has 3 heterocycles. The number of aryl methyl sites for hydroxylation is 1. The Bertz CT molecular complexity index is 1570. The third-order valence-corrected chi connectivity index (χ3v) is 10.0. The van der Waals surface area contributed by atoms with Gasteiger partial charge < -0.3 is 10.2 Å². The van der Waals surface area contributed by atoms with Crippen molar-refractivity contribution in [3.8, 4) is 5.69 Å². The number of hydrogen-bond acceptors (Lipinski definition) is 5. The molecule has 2 aliphatic rings. The number of nitrogens with zero attached hydrogens (tertiary/aromatic N) is 4. The summed E-state index contributed by atoms with van der Waals surface area (Å²) in [6, 6.07) is 15.3. The molecule has 1 aromatic heterocycles. The Morgan fingerprint density at radius 1 is 0.900 bits per heavy atom. The zero-order valence-corrected chi connectivity index (χ0v) is 23.9. The normalized spacial score (nSPS) is 18.7. The number of anilines is 1. The van der Waals surface area contributed by atoms with Crippen molar-refractivity contribution in [3.05, 3.63) is 76.2 Å². The lowest BCUT2D eigenvalue weighted by Crippen LogP contribution is -2.48. The van der Waals surface area contributed by atoms with Gasteiger partial charge in [0.25, 0.3) is 5.56 Å². The van der Waals surface area contributed by atoms with E-state index in [4.69, 9.17) is 0 Å². The van der Waals surface area contributed by atoms with Crippen LogP contribution in [0.25, 0.3) is 5.69 Å². The highest BCUT2D eigenvalue weighted by atomic mass is 32.2. The van der Waals surface area contributed by atoms with Gasteiger partial charge in [0.05, 0.1) is 16.3 Å². The summed E-state index contributed by atoms with van der Waals surface area (Å²) in [4.78, 5) is 42.0. The molecular formula is C29H35N5O5S. The summed E-state index contributed by atoms with van der Waals surface area (Å²) in [5, 5.41) is 2.81. The molecule has 0 bridgehead atoms. The van der Waals surface area contributed by atoms with Gasteiger partial charge >= 0.3 is 0 Å². The Balaban J connectivity index is 1.26. The van der Waals surface area contributed by atoms with Gasteiger partial charge in [0, 0.05) is 32.6 Å². The van der Waals surface area contributed by atoms with Gasteiger partial charge in [-0.15, -0.1) is 0 Å². The van der Waals surface area contributed by atoms with Crippen LogP contribution < -0.4 is 10.9 Å². The maximum atomic E-state index is 13.5. The summed E-state index contributed by atoms with van der Waals surface area (Å²) >= 11 is 0. The number of likely N-dealkylation sites (tertiary alicyclic amines) is 1. The first-order valence-corrected chi connectivity index (χ1v) is 15.1. The van der Waals surface area contributed by atoms with E-state index < -0.39 is 16.1 Å². The van der Waals surface area contributed by atoms with Gasteiger partial charge in [0.15, 0.2) is 0 Å². The quantitative estimate of drug-likeness (QED) is 0.494. The Morgan fingerprint density at radius 3 is 2.20 bits per heavy atom. The molecule has 0 spiro atoms. The van der Waals surface area contributed by atoms with Crippen molar-refractivity contribution in [2.75, 3.05) is 25.0 Å². The summed E-state index contributed by atoms with van der Waals surface area (Å²) < 4.78 is 30.8. The third-order valence-electron chi connectivity index (χ3n) is 8.10. The smallest absolute Gasteiger partial charge is 0.295 e. The molecule has 2 amide bonds. The van der Waals surface area contributed by atoms with Crippen molar-refractivity contribution in [1.82, 2.24) is 18.6 Å². The molecule has 0 unspecified atom stereocenters. The minimum atomic E-state index is -3.62. The van der Waals surface area contributed by atoms with Crippen LogP contribution in [-0.4, -0.2) is 64.5 Å². The number of para-hydroxylation sites is 1. The van der Waals surface area contributed by atoms with Crippen LogP contribution in [0.2, 0.25) is 0 Å². The first-order valence-electron chi connectivity index (χ1n) is 13.6. The molecule has 212 valence electrons. The number of carbonyl (C=O) groups is 2. The van der Waals surface area contributed by atoms with E-state index in [0.717, 1.165) is 5.56 Å². The van der Waals surface area contributed by atoms with Gasteiger partial charge in [0.2, 0.25) is 21.8 Å². The van der Waals surface area contributed by atoms with Crippen molar-refractivity contribution in [1.29, 1.82) is 0 Å². The molecule has 11 heteroatoms.